The van der Waals surface area contributed by atoms with Crippen LogP contribution in [0.5, 0.6) is 5.75 Å². The summed E-state index contributed by atoms with van der Waals surface area (Å²) < 4.78 is 15.8. The van der Waals surface area contributed by atoms with Crippen LogP contribution in [0.3, 0.4) is 0 Å². The minimum atomic E-state index is -0.386. The molecule has 5 nitrogen and oxygen atoms in total. The molecule has 2 aromatic carbocycles. The number of phenols is 1. The maximum atomic E-state index is 13.9. The van der Waals surface area contributed by atoms with Crippen LogP contribution in [-0.2, 0) is 6.54 Å². The molecular formula is C27H29FN4O. The third-order valence-electron chi connectivity index (χ3n) is 6.72. The molecule has 0 aliphatic carbocycles. The molecule has 0 spiro atoms. The Kier molecular flexibility index (Phi) is 5.87. The lowest BCUT2D eigenvalue weighted by Crippen LogP contribution is -2.41. The van der Waals surface area contributed by atoms with E-state index in [1.165, 1.54) is 31.0 Å². The van der Waals surface area contributed by atoms with Gasteiger partial charge in [-0.1, -0.05) is 24.3 Å². The van der Waals surface area contributed by atoms with E-state index in [4.69, 9.17) is 4.98 Å². The number of benzene rings is 2. The average molecular weight is 445 g/mol. The first-order chi connectivity index (χ1) is 16.0. The fourth-order valence-electron chi connectivity index (χ4n) is 4.80. The number of fused-ring (bicyclic) bond motifs is 1. The van der Waals surface area contributed by atoms with E-state index < -0.39 is 0 Å². The van der Waals surface area contributed by atoms with Crippen molar-refractivity contribution < 1.29 is 9.50 Å². The van der Waals surface area contributed by atoms with Crippen LogP contribution in [0.4, 0.5) is 4.39 Å². The molecule has 2 aromatic heterocycles. The SMILES string of the molecule is CN(C)C1CCN(Cc2ccc(-c3cn(-c4cc(F)ccc4O)c4ccccc34)cn2)CC1. The second-order valence-electron chi connectivity index (χ2n) is 9.07. The van der Waals surface area contributed by atoms with E-state index in [1.54, 1.807) is 0 Å². The Labute approximate surface area is 193 Å². The first kappa shape index (κ1) is 21.6. The van der Waals surface area contributed by atoms with E-state index in [0.29, 0.717) is 11.7 Å². The summed E-state index contributed by atoms with van der Waals surface area (Å²) in [6, 6.07) is 16.8. The lowest BCUT2D eigenvalue weighted by atomic mass is 10.0. The molecule has 6 heteroatoms. The Morgan fingerprint density at radius 1 is 1.06 bits per heavy atom. The molecule has 1 aliphatic heterocycles. The van der Waals surface area contributed by atoms with Crippen molar-refractivity contribution in [2.24, 2.45) is 0 Å². The van der Waals surface area contributed by atoms with Crippen molar-refractivity contribution in [3.8, 4) is 22.6 Å². The van der Waals surface area contributed by atoms with Gasteiger partial charge in [-0.15, -0.1) is 0 Å². The van der Waals surface area contributed by atoms with Crippen LogP contribution >= 0.6 is 0 Å². The summed E-state index contributed by atoms with van der Waals surface area (Å²) in [5.41, 5.74) is 4.38. The number of aromatic hydroxyl groups is 1. The number of hydrogen-bond donors (Lipinski definition) is 1. The third kappa shape index (κ3) is 4.36. The van der Waals surface area contributed by atoms with E-state index in [0.717, 1.165) is 47.4 Å². The van der Waals surface area contributed by atoms with Gasteiger partial charge in [-0.3, -0.25) is 9.88 Å². The minimum Gasteiger partial charge on any atom is -0.506 e. The van der Waals surface area contributed by atoms with E-state index in [1.807, 2.05) is 41.2 Å². The first-order valence-corrected chi connectivity index (χ1v) is 11.4. The zero-order chi connectivity index (χ0) is 22.9. The average Bonchev–Trinajstić information content (AvgIpc) is 3.21. The van der Waals surface area contributed by atoms with Crippen molar-refractivity contribution in [2.45, 2.75) is 25.4 Å². The molecule has 0 unspecified atom stereocenters. The Balaban J connectivity index is 1.42. The van der Waals surface area contributed by atoms with Crippen LogP contribution in [0, 0.1) is 5.82 Å². The van der Waals surface area contributed by atoms with Crippen LogP contribution in [0.15, 0.2) is 67.0 Å². The number of nitrogens with zero attached hydrogens (tertiary/aromatic N) is 4. The van der Waals surface area contributed by atoms with Crippen molar-refractivity contribution >= 4 is 10.9 Å². The maximum Gasteiger partial charge on any atom is 0.139 e. The number of halogens is 1. The monoisotopic (exact) mass is 444 g/mol. The molecular weight excluding hydrogens is 415 g/mol. The number of pyridine rings is 1. The van der Waals surface area contributed by atoms with Crippen molar-refractivity contribution in [1.82, 2.24) is 19.4 Å². The van der Waals surface area contributed by atoms with E-state index in [2.05, 4.69) is 36.0 Å². The number of piperidine rings is 1. The highest BCUT2D eigenvalue weighted by Gasteiger charge is 2.21. The van der Waals surface area contributed by atoms with Gasteiger partial charge in [-0.2, -0.15) is 0 Å². The van der Waals surface area contributed by atoms with Crippen molar-refractivity contribution in [3.05, 3.63) is 78.5 Å². The second kappa shape index (κ2) is 8.96. The van der Waals surface area contributed by atoms with Gasteiger partial charge in [0.25, 0.3) is 0 Å². The predicted octanol–water partition coefficient (Wildman–Crippen LogP) is 5.06. The van der Waals surface area contributed by atoms with Crippen molar-refractivity contribution in [3.63, 3.8) is 0 Å². The zero-order valence-electron chi connectivity index (χ0n) is 19.1. The highest BCUT2D eigenvalue weighted by molar-refractivity contribution is 5.97. The molecule has 1 saturated heterocycles. The van der Waals surface area contributed by atoms with Gasteiger partial charge < -0.3 is 14.6 Å². The van der Waals surface area contributed by atoms with Crippen LogP contribution in [0.2, 0.25) is 0 Å². The van der Waals surface area contributed by atoms with E-state index in [9.17, 15) is 9.50 Å². The lowest BCUT2D eigenvalue weighted by Gasteiger charge is -2.34. The zero-order valence-corrected chi connectivity index (χ0v) is 19.1. The summed E-state index contributed by atoms with van der Waals surface area (Å²) in [5.74, 6) is -0.349. The molecule has 33 heavy (non-hydrogen) atoms. The van der Waals surface area contributed by atoms with Crippen LogP contribution in [0.1, 0.15) is 18.5 Å². The molecule has 4 aromatic rings. The van der Waals surface area contributed by atoms with Gasteiger partial charge >= 0.3 is 0 Å². The number of rotatable bonds is 5. The molecule has 1 N–H and O–H groups in total. The highest BCUT2D eigenvalue weighted by Crippen LogP contribution is 2.35. The van der Waals surface area contributed by atoms with E-state index >= 15 is 0 Å². The standard InChI is InChI=1S/C27H29FN4O/c1-30(2)22-11-13-31(14-12-22)17-21-9-7-19(16-29-21)24-18-32(25-6-4-3-5-23(24)25)26-15-20(28)8-10-27(26)33/h3-10,15-16,18,22,33H,11-14,17H2,1-2H3. The van der Waals surface area contributed by atoms with Gasteiger partial charge in [0.1, 0.15) is 11.6 Å². The Bertz CT molecular complexity index is 1260. The van der Waals surface area contributed by atoms with Gasteiger partial charge in [-0.05, 0) is 51.2 Å². The fraction of sp³-hybridized carbons (Fsp3) is 0.296. The molecule has 0 bridgehead atoms. The van der Waals surface area contributed by atoms with Crippen molar-refractivity contribution in [1.29, 1.82) is 0 Å². The Morgan fingerprint density at radius 2 is 1.85 bits per heavy atom. The summed E-state index contributed by atoms with van der Waals surface area (Å²) >= 11 is 0. The molecule has 1 fully saturated rings. The molecule has 0 amide bonds. The maximum absolute atomic E-state index is 13.9. The summed E-state index contributed by atoms with van der Waals surface area (Å²) in [6.07, 6.45) is 6.25. The fourth-order valence-corrected chi connectivity index (χ4v) is 4.80. The number of para-hydroxylation sites is 1. The van der Waals surface area contributed by atoms with Gasteiger partial charge in [0.15, 0.2) is 0 Å². The van der Waals surface area contributed by atoms with Gasteiger partial charge in [0, 0.05) is 60.6 Å². The Hall–Kier alpha value is -3.22. The minimum absolute atomic E-state index is 0.0372. The number of likely N-dealkylation sites (tertiary alicyclic amines) is 1. The first-order valence-electron chi connectivity index (χ1n) is 11.4. The summed E-state index contributed by atoms with van der Waals surface area (Å²) in [6.45, 7) is 3.05. The third-order valence-corrected chi connectivity index (χ3v) is 6.72. The summed E-state index contributed by atoms with van der Waals surface area (Å²) in [5, 5.41) is 11.4. The van der Waals surface area contributed by atoms with Gasteiger partial charge in [0.2, 0.25) is 0 Å². The van der Waals surface area contributed by atoms with E-state index in [-0.39, 0.29) is 11.6 Å². The molecule has 0 radical (unpaired) electrons. The number of phenolic OH excluding ortho intramolecular Hbond substituents is 1. The second-order valence-corrected chi connectivity index (χ2v) is 9.07. The smallest absolute Gasteiger partial charge is 0.139 e. The van der Waals surface area contributed by atoms with Gasteiger partial charge in [0.05, 0.1) is 16.9 Å². The topological polar surface area (TPSA) is 44.5 Å². The van der Waals surface area contributed by atoms with Crippen LogP contribution in [0.25, 0.3) is 27.7 Å². The van der Waals surface area contributed by atoms with Crippen LogP contribution in [-0.4, -0.2) is 57.7 Å². The molecule has 0 atom stereocenters. The normalized spacial score (nSPS) is 15.5. The summed E-state index contributed by atoms with van der Waals surface area (Å²) in [7, 11) is 4.32. The Morgan fingerprint density at radius 3 is 2.58 bits per heavy atom. The molecule has 170 valence electrons. The number of aromatic nitrogens is 2. The molecule has 1 aliphatic rings. The molecule has 0 saturated carbocycles. The van der Waals surface area contributed by atoms with Gasteiger partial charge in [-0.25, -0.2) is 4.39 Å². The molecule has 5 rings (SSSR count). The number of hydrogen-bond acceptors (Lipinski definition) is 4. The lowest BCUT2D eigenvalue weighted by molar-refractivity contribution is 0.139. The highest BCUT2D eigenvalue weighted by atomic mass is 19.1. The predicted molar refractivity (Wildman–Crippen MR) is 130 cm³/mol. The largest absolute Gasteiger partial charge is 0.506 e. The van der Waals surface area contributed by atoms with Crippen LogP contribution < -0.4 is 0 Å². The quantitative estimate of drug-likeness (QED) is 0.467. The molecule has 3 heterocycles. The summed E-state index contributed by atoms with van der Waals surface area (Å²) in [4.78, 5) is 9.55. The van der Waals surface area contributed by atoms with Crippen molar-refractivity contribution in [2.75, 3.05) is 27.2 Å².